The summed E-state index contributed by atoms with van der Waals surface area (Å²) in [4.78, 5) is 1.01. The lowest BCUT2D eigenvalue weighted by molar-refractivity contribution is 0.179. The number of thiophene rings is 1. The second-order valence-corrected chi connectivity index (χ2v) is 7.65. The molecule has 0 saturated heterocycles. The van der Waals surface area contributed by atoms with E-state index < -0.39 is 10.0 Å². The quantitative estimate of drug-likeness (QED) is 0.304. The first-order valence-corrected chi connectivity index (χ1v) is 8.75. The Kier molecular flexibility index (Phi) is 7.09. The van der Waals surface area contributed by atoms with Gasteiger partial charge in [-0.2, -0.15) is 4.31 Å². The maximum absolute atomic E-state index is 12.6. The highest BCUT2D eigenvalue weighted by Crippen LogP contribution is 2.25. The number of aryl methyl sites for hydroxylation is 1. The molecule has 0 aliphatic carbocycles. The van der Waals surface area contributed by atoms with Crippen LogP contribution in [0.2, 0.25) is 0 Å². The molecule has 1 rings (SSSR count). The number of sulfonamides is 1. The van der Waals surface area contributed by atoms with Crippen molar-refractivity contribution in [3.8, 4) is 0 Å². The van der Waals surface area contributed by atoms with E-state index >= 15 is 0 Å². The van der Waals surface area contributed by atoms with Crippen molar-refractivity contribution >= 4 is 27.2 Å². The third-order valence-electron chi connectivity index (χ3n) is 2.87. The molecule has 0 aromatic carbocycles. The van der Waals surface area contributed by atoms with Gasteiger partial charge in [-0.05, 0) is 18.6 Å². The zero-order chi connectivity index (χ0) is 15.9. The fraction of sp³-hybridized carbons (Fsp3) is 0.583. The molecule has 1 heterocycles. The van der Waals surface area contributed by atoms with Crippen molar-refractivity contribution in [2.75, 3.05) is 26.8 Å². The van der Waals surface area contributed by atoms with Crippen LogP contribution in [-0.4, -0.2) is 50.6 Å². The first-order valence-electron chi connectivity index (χ1n) is 6.49. The molecular weight excluding hydrogens is 314 g/mol. The Morgan fingerprint density at radius 3 is 2.71 bits per heavy atom. The van der Waals surface area contributed by atoms with E-state index in [1.807, 2.05) is 13.0 Å². The van der Waals surface area contributed by atoms with Crippen LogP contribution in [-0.2, 0) is 21.2 Å². The number of hydrogen-bond donors (Lipinski definition) is 2. The molecule has 1 aromatic heterocycles. The van der Waals surface area contributed by atoms with Crippen molar-refractivity contribution in [3.63, 3.8) is 0 Å². The highest BCUT2D eigenvalue weighted by molar-refractivity contribution is 7.91. The molecule has 21 heavy (non-hydrogen) atoms. The van der Waals surface area contributed by atoms with Crippen molar-refractivity contribution in [2.45, 2.75) is 24.0 Å². The van der Waals surface area contributed by atoms with E-state index in [9.17, 15) is 8.42 Å². The molecule has 0 bridgehead atoms. The van der Waals surface area contributed by atoms with Gasteiger partial charge in [0.2, 0.25) is 0 Å². The Bertz CT molecular complexity index is 569. The zero-order valence-electron chi connectivity index (χ0n) is 12.2. The van der Waals surface area contributed by atoms with Gasteiger partial charge in [0.15, 0.2) is 0 Å². The van der Waals surface area contributed by atoms with Gasteiger partial charge in [-0.1, -0.05) is 12.1 Å². The summed E-state index contributed by atoms with van der Waals surface area (Å²) in [6.45, 7) is 2.61. The van der Waals surface area contributed by atoms with Gasteiger partial charge in [0, 0.05) is 31.5 Å². The molecule has 0 amide bonds. The number of hydrogen-bond acceptors (Lipinski definition) is 6. The van der Waals surface area contributed by atoms with Crippen LogP contribution in [0.5, 0.6) is 0 Å². The third-order valence-corrected chi connectivity index (χ3v) is 6.47. The third kappa shape index (κ3) is 4.95. The van der Waals surface area contributed by atoms with Gasteiger partial charge in [0.1, 0.15) is 10.0 Å². The molecule has 0 saturated carbocycles. The van der Waals surface area contributed by atoms with Gasteiger partial charge in [-0.3, -0.25) is 0 Å². The molecule has 0 aliphatic rings. The molecule has 0 radical (unpaired) electrons. The number of oxime groups is 1. The largest absolute Gasteiger partial charge is 0.409 e. The van der Waals surface area contributed by atoms with E-state index in [0.717, 1.165) is 11.3 Å². The van der Waals surface area contributed by atoms with Crippen LogP contribution >= 0.6 is 11.3 Å². The van der Waals surface area contributed by atoms with Crippen LogP contribution in [0.3, 0.4) is 0 Å². The fourth-order valence-corrected chi connectivity index (χ4v) is 4.52. The molecule has 0 atom stereocenters. The first-order chi connectivity index (χ1) is 9.95. The van der Waals surface area contributed by atoms with Gasteiger partial charge in [0.05, 0.1) is 6.61 Å². The highest BCUT2D eigenvalue weighted by atomic mass is 32.2. The Labute approximate surface area is 129 Å². The van der Waals surface area contributed by atoms with Crippen molar-refractivity contribution in [1.82, 2.24) is 4.31 Å². The summed E-state index contributed by atoms with van der Waals surface area (Å²) in [5.41, 5.74) is 5.41. The van der Waals surface area contributed by atoms with E-state index in [4.69, 9.17) is 15.7 Å². The van der Waals surface area contributed by atoms with Crippen LogP contribution < -0.4 is 5.73 Å². The summed E-state index contributed by atoms with van der Waals surface area (Å²) in [5, 5.41) is 11.4. The SMILES string of the molecule is CCc1ccc(S(=O)(=O)N(CCOC)CCC(N)=NO)s1. The fourth-order valence-electron chi connectivity index (χ4n) is 1.65. The second kappa shape index (κ2) is 8.32. The Balaban J connectivity index is 2.93. The predicted molar refractivity (Wildman–Crippen MR) is 82.4 cm³/mol. The normalized spacial score (nSPS) is 13.0. The lowest BCUT2D eigenvalue weighted by Gasteiger charge is -2.20. The lowest BCUT2D eigenvalue weighted by atomic mass is 10.4. The average Bonchev–Trinajstić information content (AvgIpc) is 2.96. The number of ether oxygens (including phenoxy) is 1. The smallest absolute Gasteiger partial charge is 0.252 e. The molecule has 120 valence electrons. The van der Waals surface area contributed by atoms with E-state index in [1.54, 1.807) is 6.07 Å². The summed E-state index contributed by atoms with van der Waals surface area (Å²) in [6.07, 6.45) is 0.952. The average molecular weight is 335 g/mol. The van der Waals surface area contributed by atoms with Gasteiger partial charge in [0.25, 0.3) is 10.0 Å². The maximum atomic E-state index is 12.6. The first kappa shape index (κ1) is 17.9. The molecule has 0 spiro atoms. The standard InChI is InChI=1S/C12H21N3O4S2/c1-3-10-4-5-12(20-10)21(17,18)15(8-9-19-2)7-6-11(13)14-16/h4-5,16H,3,6-9H2,1-2H3,(H2,13,14). The van der Waals surface area contributed by atoms with Crippen molar-refractivity contribution in [3.05, 3.63) is 17.0 Å². The van der Waals surface area contributed by atoms with Crippen LogP contribution in [0.4, 0.5) is 0 Å². The highest BCUT2D eigenvalue weighted by Gasteiger charge is 2.25. The minimum absolute atomic E-state index is 0.00644. The molecule has 3 N–H and O–H groups in total. The maximum Gasteiger partial charge on any atom is 0.252 e. The van der Waals surface area contributed by atoms with Gasteiger partial charge in [-0.25, -0.2) is 8.42 Å². The van der Waals surface area contributed by atoms with Crippen LogP contribution in [0.1, 0.15) is 18.2 Å². The molecule has 7 nitrogen and oxygen atoms in total. The molecule has 9 heteroatoms. The summed E-state index contributed by atoms with van der Waals surface area (Å²) >= 11 is 1.26. The van der Waals surface area contributed by atoms with Crippen LogP contribution in [0.15, 0.2) is 21.5 Å². The van der Waals surface area contributed by atoms with Crippen molar-refractivity contribution in [1.29, 1.82) is 0 Å². The molecular formula is C12H21N3O4S2. The minimum Gasteiger partial charge on any atom is -0.409 e. The van der Waals surface area contributed by atoms with E-state index in [2.05, 4.69) is 5.16 Å². The van der Waals surface area contributed by atoms with Crippen molar-refractivity contribution < 1.29 is 18.4 Å². The monoisotopic (exact) mass is 335 g/mol. The van der Waals surface area contributed by atoms with Crippen LogP contribution in [0.25, 0.3) is 0 Å². The number of rotatable bonds is 9. The topological polar surface area (TPSA) is 105 Å². The second-order valence-electron chi connectivity index (χ2n) is 4.31. The summed E-state index contributed by atoms with van der Waals surface area (Å²) < 4.78 is 31.8. The lowest BCUT2D eigenvalue weighted by Crippen LogP contribution is -2.36. The van der Waals surface area contributed by atoms with Gasteiger partial charge in [-0.15, -0.1) is 11.3 Å². The number of nitrogens with zero attached hydrogens (tertiary/aromatic N) is 2. The number of methoxy groups -OCH3 is 1. The number of nitrogens with two attached hydrogens (primary N) is 1. The van der Waals surface area contributed by atoms with Gasteiger partial charge < -0.3 is 15.7 Å². The predicted octanol–water partition coefficient (Wildman–Crippen LogP) is 1.08. The number of amidine groups is 1. The Hall–Kier alpha value is -1.16. The summed E-state index contributed by atoms with van der Waals surface area (Å²) in [5.74, 6) is -0.00644. The summed E-state index contributed by atoms with van der Waals surface area (Å²) in [6, 6.07) is 3.43. The Morgan fingerprint density at radius 1 is 1.48 bits per heavy atom. The molecule has 0 fully saturated rings. The molecule has 1 aromatic rings. The van der Waals surface area contributed by atoms with Gasteiger partial charge >= 0.3 is 0 Å². The van der Waals surface area contributed by atoms with Crippen molar-refractivity contribution in [2.24, 2.45) is 10.9 Å². The van der Waals surface area contributed by atoms with E-state index in [1.165, 1.54) is 22.8 Å². The summed E-state index contributed by atoms with van der Waals surface area (Å²) in [7, 11) is -2.08. The minimum atomic E-state index is -3.59. The molecule has 0 unspecified atom stereocenters. The van der Waals surface area contributed by atoms with E-state index in [0.29, 0.717) is 4.21 Å². The zero-order valence-corrected chi connectivity index (χ0v) is 13.8. The Morgan fingerprint density at radius 2 is 2.19 bits per heavy atom. The van der Waals surface area contributed by atoms with E-state index in [-0.39, 0.29) is 32.0 Å². The molecule has 0 aliphatic heterocycles. The van der Waals surface area contributed by atoms with Crippen LogP contribution in [0, 0.1) is 0 Å².